The summed E-state index contributed by atoms with van der Waals surface area (Å²) in [4.78, 5) is 22.1. The van der Waals surface area contributed by atoms with E-state index in [4.69, 9.17) is 22.1 Å². The van der Waals surface area contributed by atoms with Gasteiger partial charge in [-0.25, -0.2) is 8.42 Å². The van der Waals surface area contributed by atoms with Gasteiger partial charge >= 0.3 is 0 Å². The van der Waals surface area contributed by atoms with Crippen LogP contribution in [0.2, 0.25) is 5.02 Å². The third-order valence-corrected chi connectivity index (χ3v) is 9.73. The van der Waals surface area contributed by atoms with Crippen molar-refractivity contribution in [1.29, 1.82) is 0 Å². The minimum Gasteiger partial charge on any atom is -0.481 e. The summed E-state index contributed by atoms with van der Waals surface area (Å²) >= 11 is 7.48. The molecule has 1 spiro atoms. The van der Waals surface area contributed by atoms with Gasteiger partial charge in [0, 0.05) is 6.07 Å². The van der Waals surface area contributed by atoms with Crippen LogP contribution in [0.4, 0.5) is 5.82 Å². The van der Waals surface area contributed by atoms with Crippen molar-refractivity contribution in [2.24, 2.45) is 10.7 Å². The number of thiophene rings is 1. The molecule has 1 fully saturated rings. The average molecular weight is 455 g/mol. The number of carbonyl (C=O) groups is 1. The smallest absolute Gasteiger partial charge is 0.266 e. The van der Waals surface area contributed by atoms with E-state index >= 15 is 0 Å². The lowest BCUT2D eigenvalue weighted by molar-refractivity contribution is 0.103. The van der Waals surface area contributed by atoms with Gasteiger partial charge in [-0.2, -0.15) is 4.98 Å². The molecule has 0 aromatic carbocycles. The van der Waals surface area contributed by atoms with Crippen LogP contribution in [0.5, 0.6) is 5.88 Å². The number of rotatable bonds is 4. The fraction of sp³-hybridized carbons (Fsp3) is 0.389. The largest absolute Gasteiger partial charge is 0.481 e. The number of hydrogen-bond acceptors (Lipinski definition) is 8. The van der Waals surface area contributed by atoms with E-state index < -0.39 is 26.0 Å². The van der Waals surface area contributed by atoms with Crippen LogP contribution < -0.4 is 15.8 Å². The molecule has 2 aliphatic rings. The van der Waals surface area contributed by atoms with E-state index in [2.05, 4.69) is 15.3 Å². The van der Waals surface area contributed by atoms with E-state index in [9.17, 15) is 13.2 Å². The molecule has 2 aromatic rings. The fourth-order valence-electron chi connectivity index (χ4n) is 3.49. The number of nitrogens with two attached hydrogens (primary N) is 1. The number of nitrogens with one attached hydrogen (secondary N) is 1. The summed E-state index contributed by atoms with van der Waals surface area (Å²) in [6.07, 6.45) is 1.00. The first kappa shape index (κ1) is 20.1. The van der Waals surface area contributed by atoms with E-state index in [-0.39, 0.29) is 16.6 Å². The second-order valence-electron chi connectivity index (χ2n) is 7.33. The van der Waals surface area contributed by atoms with Gasteiger partial charge in [0.25, 0.3) is 5.91 Å². The standard InChI is InChI=1S/C18H19ClN4O4S2/c1-17(9-29(25,26)18(6-7-18)16(20)23-17)14-10(19)8-11(28-14)15(24)22-12-4-3-5-13(21-12)27-2/h3-5,8H,6-7,9H2,1-2H3,(H2,20,23)(H,21,22,24). The number of halogens is 1. The van der Waals surface area contributed by atoms with Crippen LogP contribution in [0.3, 0.4) is 0 Å². The summed E-state index contributed by atoms with van der Waals surface area (Å²) < 4.78 is 29.7. The first-order valence-electron chi connectivity index (χ1n) is 8.80. The number of methoxy groups -OCH3 is 1. The Morgan fingerprint density at radius 3 is 2.72 bits per heavy atom. The highest BCUT2D eigenvalue weighted by molar-refractivity contribution is 7.94. The van der Waals surface area contributed by atoms with Gasteiger partial charge in [0.2, 0.25) is 5.88 Å². The van der Waals surface area contributed by atoms with Gasteiger partial charge in [0.1, 0.15) is 21.9 Å². The number of carbonyl (C=O) groups excluding carboxylic acids is 1. The fourth-order valence-corrected chi connectivity index (χ4v) is 7.42. The Bertz CT molecular complexity index is 1140. The number of aliphatic imine (C=N–C) groups is 1. The third kappa shape index (κ3) is 3.28. The van der Waals surface area contributed by atoms with Crippen LogP contribution in [0.25, 0.3) is 0 Å². The molecule has 0 radical (unpaired) electrons. The van der Waals surface area contributed by atoms with Gasteiger partial charge in [-0.15, -0.1) is 11.3 Å². The van der Waals surface area contributed by atoms with Crippen LogP contribution in [-0.2, 0) is 15.4 Å². The molecular formula is C18H19ClN4O4S2. The monoisotopic (exact) mass is 454 g/mol. The maximum atomic E-state index is 12.8. The summed E-state index contributed by atoms with van der Waals surface area (Å²) in [5.74, 6) is 0.208. The summed E-state index contributed by atoms with van der Waals surface area (Å²) in [5.41, 5.74) is 4.91. The molecule has 11 heteroatoms. The minimum absolute atomic E-state index is 0.127. The lowest BCUT2D eigenvalue weighted by Gasteiger charge is -2.33. The van der Waals surface area contributed by atoms with Gasteiger partial charge in [0.05, 0.1) is 27.6 Å². The lowest BCUT2D eigenvalue weighted by Crippen LogP contribution is -2.50. The van der Waals surface area contributed by atoms with Crippen molar-refractivity contribution in [3.8, 4) is 5.88 Å². The number of amidine groups is 1. The summed E-state index contributed by atoms with van der Waals surface area (Å²) in [7, 11) is -1.99. The van der Waals surface area contributed by atoms with Gasteiger partial charge < -0.3 is 15.8 Å². The van der Waals surface area contributed by atoms with E-state index in [1.807, 2.05) is 0 Å². The molecule has 1 aliphatic heterocycles. The zero-order valence-corrected chi connectivity index (χ0v) is 18.1. The molecular weight excluding hydrogens is 436 g/mol. The van der Waals surface area contributed by atoms with Crippen molar-refractivity contribution in [2.75, 3.05) is 18.2 Å². The molecule has 1 amide bonds. The normalized spacial score (nSPS) is 24.0. The number of sulfone groups is 1. The first-order valence-corrected chi connectivity index (χ1v) is 11.7. The highest BCUT2D eigenvalue weighted by Crippen LogP contribution is 2.51. The van der Waals surface area contributed by atoms with Gasteiger partial charge in [0.15, 0.2) is 9.84 Å². The number of amides is 1. The molecule has 1 unspecified atom stereocenters. The van der Waals surface area contributed by atoms with Crippen molar-refractivity contribution in [1.82, 2.24) is 4.98 Å². The number of anilines is 1. The summed E-state index contributed by atoms with van der Waals surface area (Å²) in [6.45, 7) is 1.68. The Labute approximate surface area is 177 Å². The SMILES string of the molecule is COc1cccc(NC(=O)c2cc(Cl)c(C3(C)CS(=O)(=O)C4(CC4)C(N)=N3)s2)n1. The average Bonchev–Trinajstić information content (AvgIpc) is 3.37. The first-order chi connectivity index (χ1) is 13.6. The van der Waals surface area contributed by atoms with Crippen LogP contribution >= 0.6 is 22.9 Å². The van der Waals surface area contributed by atoms with E-state index in [0.29, 0.717) is 34.3 Å². The third-order valence-electron chi connectivity index (χ3n) is 5.18. The zero-order chi connectivity index (χ0) is 21.0. The van der Waals surface area contributed by atoms with Crippen LogP contribution in [0.15, 0.2) is 29.3 Å². The molecule has 4 rings (SSSR count). The van der Waals surface area contributed by atoms with E-state index in [1.54, 1.807) is 25.1 Å². The van der Waals surface area contributed by atoms with Crippen LogP contribution in [-0.4, -0.2) is 42.8 Å². The Morgan fingerprint density at radius 1 is 1.38 bits per heavy atom. The molecule has 0 bridgehead atoms. The Balaban J connectivity index is 1.64. The highest BCUT2D eigenvalue weighted by atomic mass is 35.5. The molecule has 1 atom stereocenters. The minimum atomic E-state index is -3.47. The number of aromatic nitrogens is 1. The van der Waals surface area contributed by atoms with Gasteiger partial charge in [-0.05, 0) is 31.9 Å². The predicted molar refractivity (Wildman–Crippen MR) is 113 cm³/mol. The molecule has 154 valence electrons. The number of ether oxygens (including phenoxy) is 1. The van der Waals surface area contributed by atoms with Crippen molar-refractivity contribution < 1.29 is 17.9 Å². The van der Waals surface area contributed by atoms with E-state index in [1.165, 1.54) is 13.2 Å². The Kier molecular flexibility index (Phi) is 4.63. The maximum absolute atomic E-state index is 12.8. The van der Waals surface area contributed by atoms with Crippen molar-refractivity contribution in [3.63, 3.8) is 0 Å². The number of nitrogens with zero attached hydrogens (tertiary/aromatic N) is 2. The van der Waals surface area contributed by atoms with Gasteiger partial charge in [-0.3, -0.25) is 9.79 Å². The molecule has 1 saturated carbocycles. The van der Waals surface area contributed by atoms with Crippen LogP contribution in [0, 0.1) is 0 Å². The number of hydrogen-bond donors (Lipinski definition) is 2. The molecule has 2 aromatic heterocycles. The second kappa shape index (κ2) is 6.68. The lowest BCUT2D eigenvalue weighted by atomic mass is 10.0. The molecule has 3 heterocycles. The topological polar surface area (TPSA) is 124 Å². The number of pyridine rings is 1. The quantitative estimate of drug-likeness (QED) is 0.731. The Morgan fingerprint density at radius 2 is 2.10 bits per heavy atom. The maximum Gasteiger partial charge on any atom is 0.266 e. The van der Waals surface area contributed by atoms with Crippen molar-refractivity contribution in [3.05, 3.63) is 39.0 Å². The molecule has 0 saturated heterocycles. The second-order valence-corrected chi connectivity index (χ2v) is 11.1. The molecule has 1 aliphatic carbocycles. The molecule has 8 nitrogen and oxygen atoms in total. The Hall–Kier alpha value is -2.17. The molecule has 29 heavy (non-hydrogen) atoms. The summed E-state index contributed by atoms with van der Waals surface area (Å²) in [5, 5.41) is 2.96. The van der Waals surface area contributed by atoms with Crippen molar-refractivity contribution in [2.45, 2.75) is 30.1 Å². The van der Waals surface area contributed by atoms with Gasteiger partial charge in [-0.1, -0.05) is 17.7 Å². The zero-order valence-electron chi connectivity index (χ0n) is 15.7. The molecule has 3 N–H and O–H groups in total. The van der Waals surface area contributed by atoms with E-state index in [0.717, 1.165) is 11.3 Å². The predicted octanol–water partition coefficient (Wildman–Crippen LogP) is 2.59. The summed E-state index contributed by atoms with van der Waals surface area (Å²) in [6, 6.07) is 6.50. The van der Waals surface area contributed by atoms with Crippen molar-refractivity contribution >= 4 is 50.3 Å². The highest BCUT2D eigenvalue weighted by Gasteiger charge is 2.62. The van der Waals surface area contributed by atoms with Crippen LogP contribution in [0.1, 0.15) is 34.3 Å².